The minimum absolute atomic E-state index is 0.869. The van der Waals surface area contributed by atoms with E-state index in [0.717, 1.165) is 23.5 Å². The normalized spacial score (nSPS) is 11.6. The van der Waals surface area contributed by atoms with E-state index in [4.69, 9.17) is 0 Å². The Morgan fingerprint density at radius 1 is 1.10 bits per heavy atom. The van der Waals surface area contributed by atoms with Crippen molar-refractivity contribution < 1.29 is 0 Å². The van der Waals surface area contributed by atoms with Crippen LogP contribution in [0.1, 0.15) is 28.2 Å². The van der Waals surface area contributed by atoms with Gasteiger partial charge in [0, 0.05) is 17.5 Å². The van der Waals surface area contributed by atoms with E-state index in [2.05, 4.69) is 60.3 Å². The summed E-state index contributed by atoms with van der Waals surface area (Å²) in [5, 5.41) is 4.51. The quantitative estimate of drug-likeness (QED) is 0.726. The van der Waals surface area contributed by atoms with Gasteiger partial charge in [0.05, 0.1) is 5.69 Å². The molecule has 0 spiro atoms. The second-order valence-corrected chi connectivity index (χ2v) is 5.33. The molecule has 0 saturated heterocycles. The number of benzene rings is 1. The largest absolute Gasteiger partial charge is 0.234 e. The maximum atomic E-state index is 4.65. The lowest BCUT2D eigenvalue weighted by atomic mass is 10.1. The van der Waals surface area contributed by atoms with E-state index in [9.17, 15) is 0 Å². The fourth-order valence-electron chi connectivity index (χ4n) is 2.61. The zero-order valence-corrected chi connectivity index (χ0v) is 12.7. The highest BCUT2D eigenvalue weighted by molar-refractivity contribution is 5.50. The summed E-state index contributed by atoms with van der Waals surface area (Å²) >= 11 is 0. The highest BCUT2D eigenvalue weighted by atomic mass is 15.3. The lowest BCUT2D eigenvalue weighted by Crippen LogP contribution is -2.04. The van der Waals surface area contributed by atoms with Crippen LogP contribution in [-0.2, 0) is 6.42 Å². The molecule has 3 aromatic rings. The summed E-state index contributed by atoms with van der Waals surface area (Å²) in [6.07, 6.45) is 5.21. The molecule has 0 aliphatic carbocycles. The number of nitrogens with zero attached hydrogens (tertiary/aromatic N) is 3. The summed E-state index contributed by atoms with van der Waals surface area (Å²) in [6.45, 7) is 6.18. The van der Waals surface area contributed by atoms with Crippen LogP contribution in [0.5, 0.6) is 0 Å². The van der Waals surface area contributed by atoms with Crippen molar-refractivity contribution in [1.82, 2.24) is 14.6 Å². The lowest BCUT2D eigenvalue weighted by molar-refractivity contribution is 0.847. The molecule has 3 heteroatoms. The molecule has 1 aromatic carbocycles. The van der Waals surface area contributed by atoms with Crippen LogP contribution < -0.4 is 0 Å². The molecule has 106 valence electrons. The molecule has 0 aliphatic heterocycles. The van der Waals surface area contributed by atoms with E-state index in [0.29, 0.717) is 0 Å². The SMILES string of the molecule is Cc1cc2nc(C)c(C/C=C/c3ccccc3)c(C)n2n1. The molecule has 0 atom stereocenters. The van der Waals surface area contributed by atoms with Gasteiger partial charge in [0.25, 0.3) is 0 Å². The molecule has 0 aliphatic rings. The van der Waals surface area contributed by atoms with Gasteiger partial charge in [0.15, 0.2) is 5.65 Å². The van der Waals surface area contributed by atoms with Crippen LogP contribution in [0.2, 0.25) is 0 Å². The third-order valence-electron chi connectivity index (χ3n) is 3.72. The standard InChI is InChI=1S/C18H19N3/c1-13-12-18-19-14(2)17(15(3)21(18)20-13)11-7-10-16-8-5-4-6-9-16/h4-10,12H,11H2,1-3H3/b10-7+. The number of hydrogen-bond acceptors (Lipinski definition) is 2. The molecule has 0 amide bonds. The molecule has 3 rings (SSSR count). The molecular formula is C18H19N3. The Morgan fingerprint density at radius 3 is 2.62 bits per heavy atom. The number of aryl methyl sites for hydroxylation is 3. The molecule has 0 unspecified atom stereocenters. The number of allylic oxidation sites excluding steroid dienone is 1. The predicted octanol–water partition coefficient (Wildman–Crippen LogP) is 3.91. The Hall–Kier alpha value is -2.42. The summed E-state index contributed by atoms with van der Waals surface area (Å²) < 4.78 is 1.94. The van der Waals surface area contributed by atoms with Gasteiger partial charge in [0.1, 0.15) is 0 Å². The first-order valence-electron chi connectivity index (χ1n) is 7.19. The molecule has 0 radical (unpaired) electrons. The Morgan fingerprint density at radius 2 is 1.86 bits per heavy atom. The van der Waals surface area contributed by atoms with Crippen LogP contribution in [0.4, 0.5) is 0 Å². The van der Waals surface area contributed by atoms with Crippen molar-refractivity contribution >= 4 is 11.7 Å². The Kier molecular flexibility index (Phi) is 3.57. The summed E-state index contributed by atoms with van der Waals surface area (Å²) in [6, 6.07) is 12.4. The van der Waals surface area contributed by atoms with Crippen molar-refractivity contribution in [2.75, 3.05) is 0 Å². The second-order valence-electron chi connectivity index (χ2n) is 5.33. The van der Waals surface area contributed by atoms with Gasteiger partial charge < -0.3 is 0 Å². The number of aromatic nitrogens is 3. The Balaban J connectivity index is 1.92. The summed E-state index contributed by atoms with van der Waals surface area (Å²) in [5.74, 6) is 0. The topological polar surface area (TPSA) is 30.2 Å². The number of fused-ring (bicyclic) bond motifs is 1. The minimum Gasteiger partial charge on any atom is -0.234 e. The monoisotopic (exact) mass is 277 g/mol. The van der Waals surface area contributed by atoms with E-state index in [1.807, 2.05) is 23.6 Å². The molecule has 0 N–H and O–H groups in total. The van der Waals surface area contributed by atoms with Crippen molar-refractivity contribution in [3.8, 4) is 0 Å². The highest BCUT2D eigenvalue weighted by Crippen LogP contribution is 2.16. The van der Waals surface area contributed by atoms with E-state index < -0.39 is 0 Å². The maximum Gasteiger partial charge on any atom is 0.155 e. The van der Waals surface area contributed by atoms with Gasteiger partial charge in [-0.3, -0.25) is 0 Å². The van der Waals surface area contributed by atoms with Crippen LogP contribution in [0.25, 0.3) is 11.7 Å². The van der Waals surface area contributed by atoms with Crippen LogP contribution in [0.3, 0.4) is 0 Å². The van der Waals surface area contributed by atoms with Gasteiger partial charge >= 0.3 is 0 Å². The van der Waals surface area contributed by atoms with Crippen molar-refractivity contribution in [2.24, 2.45) is 0 Å². The molecule has 3 nitrogen and oxygen atoms in total. The molecule has 0 bridgehead atoms. The first-order chi connectivity index (χ1) is 10.1. The predicted molar refractivity (Wildman–Crippen MR) is 86.4 cm³/mol. The van der Waals surface area contributed by atoms with Gasteiger partial charge in [-0.25, -0.2) is 9.50 Å². The van der Waals surface area contributed by atoms with Crippen LogP contribution >= 0.6 is 0 Å². The van der Waals surface area contributed by atoms with E-state index >= 15 is 0 Å². The number of rotatable bonds is 3. The lowest BCUT2D eigenvalue weighted by Gasteiger charge is -2.09. The van der Waals surface area contributed by atoms with Crippen molar-refractivity contribution in [3.63, 3.8) is 0 Å². The Bertz CT molecular complexity index is 798. The summed E-state index contributed by atoms with van der Waals surface area (Å²) in [7, 11) is 0. The molecule has 2 heterocycles. The molecule has 0 saturated carbocycles. The highest BCUT2D eigenvalue weighted by Gasteiger charge is 2.09. The average Bonchev–Trinajstić information content (AvgIpc) is 2.84. The van der Waals surface area contributed by atoms with E-state index in [1.165, 1.54) is 16.8 Å². The van der Waals surface area contributed by atoms with Gasteiger partial charge in [-0.15, -0.1) is 0 Å². The third-order valence-corrected chi connectivity index (χ3v) is 3.72. The summed E-state index contributed by atoms with van der Waals surface area (Å²) in [4.78, 5) is 4.65. The summed E-state index contributed by atoms with van der Waals surface area (Å²) in [5.41, 5.74) is 6.65. The maximum absolute atomic E-state index is 4.65. The molecule has 0 fully saturated rings. The third kappa shape index (κ3) is 2.72. The second kappa shape index (κ2) is 5.52. The average molecular weight is 277 g/mol. The number of hydrogen-bond donors (Lipinski definition) is 0. The first kappa shape index (κ1) is 13.6. The van der Waals surface area contributed by atoms with Crippen LogP contribution in [0.15, 0.2) is 42.5 Å². The van der Waals surface area contributed by atoms with E-state index in [1.54, 1.807) is 0 Å². The minimum atomic E-state index is 0.869. The van der Waals surface area contributed by atoms with Crippen molar-refractivity contribution in [3.05, 3.63) is 70.7 Å². The smallest absolute Gasteiger partial charge is 0.155 e. The van der Waals surface area contributed by atoms with Gasteiger partial charge in [-0.05, 0) is 38.3 Å². The molecule has 21 heavy (non-hydrogen) atoms. The fourth-order valence-corrected chi connectivity index (χ4v) is 2.61. The van der Waals surface area contributed by atoms with Crippen LogP contribution in [-0.4, -0.2) is 14.6 Å². The van der Waals surface area contributed by atoms with Gasteiger partial charge in [-0.1, -0.05) is 42.5 Å². The Labute approximate surface area is 125 Å². The zero-order valence-electron chi connectivity index (χ0n) is 12.7. The van der Waals surface area contributed by atoms with Gasteiger partial charge in [-0.2, -0.15) is 5.10 Å². The fraction of sp³-hybridized carbons (Fsp3) is 0.222. The van der Waals surface area contributed by atoms with Crippen LogP contribution in [0, 0.1) is 20.8 Å². The molecular weight excluding hydrogens is 258 g/mol. The van der Waals surface area contributed by atoms with Crippen molar-refractivity contribution in [2.45, 2.75) is 27.2 Å². The van der Waals surface area contributed by atoms with Crippen molar-refractivity contribution in [1.29, 1.82) is 0 Å². The van der Waals surface area contributed by atoms with Gasteiger partial charge in [0.2, 0.25) is 0 Å². The first-order valence-corrected chi connectivity index (χ1v) is 7.19. The van der Waals surface area contributed by atoms with E-state index in [-0.39, 0.29) is 0 Å². The zero-order chi connectivity index (χ0) is 14.8. The molecule has 2 aromatic heterocycles.